The number of rotatable bonds is 3. The lowest BCUT2D eigenvalue weighted by Crippen LogP contribution is -2.32. The minimum Gasteiger partial charge on any atom is -0.299 e. The van der Waals surface area contributed by atoms with Crippen LogP contribution in [0.5, 0.6) is 0 Å². The molecular weight excluding hydrogens is 234 g/mol. The van der Waals surface area contributed by atoms with Crippen LogP contribution < -0.4 is 5.01 Å². The second-order valence-corrected chi connectivity index (χ2v) is 3.97. The number of amides is 1. The van der Waals surface area contributed by atoms with Gasteiger partial charge in [0.2, 0.25) is 0 Å². The molecule has 2 rings (SSSR count). The van der Waals surface area contributed by atoms with Crippen molar-refractivity contribution in [1.82, 2.24) is 0 Å². The summed E-state index contributed by atoms with van der Waals surface area (Å²) in [5.74, 6) is -2.14. The van der Waals surface area contributed by atoms with Crippen LogP contribution in [-0.4, -0.2) is 25.2 Å². The van der Waals surface area contributed by atoms with E-state index in [9.17, 15) is 14.0 Å². The molecule has 0 spiro atoms. The predicted octanol–water partition coefficient (Wildman–Crippen LogP) is 1.32. The molecule has 1 aliphatic rings. The molecule has 0 aromatic heterocycles. The smallest absolute Gasteiger partial charge is 0.263 e. The monoisotopic (exact) mass is 244 g/mol. The Hall–Kier alpha value is -1.98. The lowest BCUT2D eigenvalue weighted by molar-refractivity contribution is -0.127. The topological polar surface area (TPSA) is 49.7 Å². The predicted molar refractivity (Wildman–Crippen MR) is 66.1 cm³/mol. The highest BCUT2D eigenvalue weighted by Gasteiger charge is 2.38. The van der Waals surface area contributed by atoms with Crippen LogP contribution in [0.3, 0.4) is 0 Å². The van der Waals surface area contributed by atoms with Gasteiger partial charge < -0.3 is 0 Å². The number of hydrogen-bond donors (Lipinski definition) is 0. The summed E-state index contributed by atoms with van der Waals surface area (Å²) in [7, 11) is 5.26. The first-order valence-corrected chi connectivity index (χ1v) is 5.42. The lowest BCUT2D eigenvalue weighted by Gasteiger charge is -2.13. The molecule has 4 nitrogen and oxygen atoms in total. The number of benzene rings is 1. The molecule has 6 heteroatoms. The second-order valence-electron chi connectivity index (χ2n) is 3.97. The summed E-state index contributed by atoms with van der Waals surface area (Å²) in [6.45, 7) is 1.60. The summed E-state index contributed by atoms with van der Waals surface area (Å²) < 4.78 is 12.8. The lowest BCUT2D eigenvalue weighted by atomic mass is 9.89. The van der Waals surface area contributed by atoms with Gasteiger partial charge >= 0.3 is 0 Å². The van der Waals surface area contributed by atoms with Crippen LogP contribution in [0.15, 0.2) is 29.4 Å². The molecule has 0 aliphatic carbocycles. The molecule has 1 aromatic carbocycles. The van der Waals surface area contributed by atoms with Crippen molar-refractivity contribution in [2.24, 2.45) is 11.0 Å². The van der Waals surface area contributed by atoms with Gasteiger partial charge in [-0.25, -0.2) is 4.39 Å². The molecule has 2 radical (unpaired) electrons. The SMILES string of the molecule is [B]CC(=O)C1C(=O)N(c2ccc(F)cc2)N=C1C. The molecule has 0 saturated heterocycles. The van der Waals surface area contributed by atoms with Crippen molar-refractivity contribution < 1.29 is 14.0 Å². The van der Waals surface area contributed by atoms with Crippen molar-refractivity contribution in [3.63, 3.8) is 0 Å². The van der Waals surface area contributed by atoms with E-state index in [-0.39, 0.29) is 12.1 Å². The number of carbonyl (C=O) groups excluding carboxylic acids is 2. The summed E-state index contributed by atoms with van der Waals surface area (Å²) in [4.78, 5) is 23.6. The third-order valence-electron chi connectivity index (χ3n) is 2.73. The number of halogens is 1. The van der Waals surface area contributed by atoms with E-state index in [1.165, 1.54) is 24.3 Å². The fourth-order valence-corrected chi connectivity index (χ4v) is 1.82. The minimum atomic E-state index is -0.917. The largest absolute Gasteiger partial charge is 0.299 e. The Kier molecular flexibility index (Phi) is 3.27. The Labute approximate surface area is 105 Å². The third-order valence-corrected chi connectivity index (χ3v) is 2.73. The number of hydrogen-bond acceptors (Lipinski definition) is 3. The van der Waals surface area contributed by atoms with Crippen LogP contribution >= 0.6 is 0 Å². The highest BCUT2D eigenvalue weighted by atomic mass is 19.1. The zero-order valence-electron chi connectivity index (χ0n) is 9.76. The van der Waals surface area contributed by atoms with Crippen LogP contribution in [0.25, 0.3) is 0 Å². The zero-order chi connectivity index (χ0) is 13.3. The normalized spacial score (nSPS) is 19.0. The number of nitrogens with zero attached hydrogens (tertiary/aromatic N) is 2. The van der Waals surface area contributed by atoms with E-state index in [0.717, 1.165) is 5.01 Å². The fraction of sp³-hybridized carbons (Fsp3) is 0.250. The van der Waals surface area contributed by atoms with Gasteiger partial charge in [-0.3, -0.25) is 9.59 Å². The van der Waals surface area contributed by atoms with E-state index in [1.807, 2.05) is 0 Å². The maximum atomic E-state index is 12.8. The van der Waals surface area contributed by atoms with E-state index in [4.69, 9.17) is 7.85 Å². The van der Waals surface area contributed by atoms with Gasteiger partial charge in [0.25, 0.3) is 5.91 Å². The number of ketones is 1. The summed E-state index contributed by atoms with van der Waals surface area (Å²) in [5.41, 5.74) is 0.827. The van der Waals surface area contributed by atoms with Gasteiger partial charge in [0, 0.05) is 0 Å². The molecule has 18 heavy (non-hydrogen) atoms. The van der Waals surface area contributed by atoms with E-state index in [0.29, 0.717) is 11.4 Å². The standard InChI is InChI=1S/C12H10BFN2O2/c1-7-11(10(17)6-13)12(18)16(15-7)9-4-2-8(14)3-5-9/h2-5,11H,6H2,1H3. The average Bonchev–Trinajstić information content (AvgIpc) is 2.65. The van der Waals surface area contributed by atoms with Crippen molar-refractivity contribution in [2.45, 2.75) is 13.2 Å². The van der Waals surface area contributed by atoms with Gasteiger partial charge in [0.1, 0.15) is 17.5 Å². The van der Waals surface area contributed by atoms with E-state index < -0.39 is 17.6 Å². The number of carbonyl (C=O) groups is 2. The molecule has 0 bridgehead atoms. The molecule has 1 heterocycles. The van der Waals surface area contributed by atoms with E-state index >= 15 is 0 Å². The zero-order valence-corrected chi connectivity index (χ0v) is 9.76. The van der Waals surface area contributed by atoms with E-state index in [2.05, 4.69) is 5.10 Å². The van der Waals surface area contributed by atoms with Crippen LogP contribution in [0.2, 0.25) is 6.32 Å². The molecule has 1 aliphatic heterocycles. The quantitative estimate of drug-likeness (QED) is 0.594. The molecule has 1 unspecified atom stereocenters. The van der Waals surface area contributed by atoms with Crippen LogP contribution in [0.4, 0.5) is 10.1 Å². The highest BCUT2D eigenvalue weighted by Crippen LogP contribution is 2.25. The Morgan fingerprint density at radius 3 is 2.61 bits per heavy atom. The Balaban J connectivity index is 2.30. The molecule has 0 saturated carbocycles. The molecule has 1 aromatic rings. The number of hydrazone groups is 1. The summed E-state index contributed by atoms with van der Waals surface area (Å²) >= 11 is 0. The average molecular weight is 244 g/mol. The van der Waals surface area contributed by atoms with Gasteiger partial charge in [-0.05, 0) is 37.5 Å². The van der Waals surface area contributed by atoms with Crippen molar-refractivity contribution >= 4 is 30.9 Å². The number of Topliss-reactive ketones (excluding diaryl/α,β-unsaturated/α-hetero) is 1. The van der Waals surface area contributed by atoms with Gasteiger partial charge in [-0.15, -0.1) is 0 Å². The van der Waals surface area contributed by atoms with Crippen molar-refractivity contribution in [2.75, 3.05) is 5.01 Å². The highest BCUT2D eigenvalue weighted by molar-refractivity contribution is 6.33. The van der Waals surface area contributed by atoms with Gasteiger partial charge in [-0.1, -0.05) is 0 Å². The molecule has 0 fully saturated rings. The van der Waals surface area contributed by atoms with Gasteiger partial charge in [0.05, 0.1) is 19.2 Å². The first-order chi connectivity index (χ1) is 8.54. The molecule has 1 atom stereocenters. The maximum absolute atomic E-state index is 12.8. The molecule has 1 amide bonds. The molecule has 90 valence electrons. The van der Waals surface area contributed by atoms with Gasteiger partial charge in [0.15, 0.2) is 0 Å². The molecular formula is C12H10BFN2O2. The Morgan fingerprint density at radius 2 is 2.06 bits per heavy atom. The fourth-order valence-electron chi connectivity index (χ4n) is 1.82. The maximum Gasteiger partial charge on any atom is 0.263 e. The third kappa shape index (κ3) is 2.06. The summed E-state index contributed by atoms with van der Waals surface area (Å²) in [6, 6.07) is 5.32. The summed E-state index contributed by atoms with van der Waals surface area (Å²) in [5, 5.41) is 5.13. The van der Waals surface area contributed by atoms with E-state index in [1.54, 1.807) is 6.92 Å². The van der Waals surface area contributed by atoms with Crippen molar-refractivity contribution in [3.8, 4) is 0 Å². The van der Waals surface area contributed by atoms with Crippen LogP contribution in [-0.2, 0) is 9.59 Å². The van der Waals surface area contributed by atoms with Gasteiger partial charge in [-0.2, -0.15) is 10.1 Å². The first-order valence-electron chi connectivity index (χ1n) is 5.42. The number of anilines is 1. The van der Waals surface area contributed by atoms with Crippen LogP contribution in [0.1, 0.15) is 6.92 Å². The van der Waals surface area contributed by atoms with Crippen molar-refractivity contribution in [3.05, 3.63) is 30.1 Å². The van der Waals surface area contributed by atoms with Crippen LogP contribution in [0, 0.1) is 11.7 Å². The Bertz CT molecular complexity index is 527. The summed E-state index contributed by atoms with van der Waals surface area (Å²) in [6.07, 6.45) is -0.208. The van der Waals surface area contributed by atoms with Crippen molar-refractivity contribution in [1.29, 1.82) is 0 Å². The minimum absolute atomic E-state index is 0.208. The Morgan fingerprint density at radius 1 is 1.44 bits per heavy atom. The molecule has 0 N–H and O–H groups in total. The first kappa shape index (κ1) is 12.5. The second kappa shape index (κ2) is 4.72.